The molecule has 51 heavy (non-hydrogen) atoms. The Morgan fingerprint density at radius 2 is 1.61 bits per heavy atom. The van der Waals surface area contributed by atoms with Gasteiger partial charge < -0.3 is 24.4 Å². The number of piperazine rings is 1. The van der Waals surface area contributed by atoms with Gasteiger partial charge in [0.25, 0.3) is 0 Å². The Bertz CT molecular complexity index is 1960. The van der Waals surface area contributed by atoms with Gasteiger partial charge in [-0.1, -0.05) is 13.0 Å². The first-order valence-corrected chi connectivity index (χ1v) is 17.3. The summed E-state index contributed by atoms with van der Waals surface area (Å²) >= 11 is 0. The number of aliphatic hydroxyl groups is 1. The van der Waals surface area contributed by atoms with Crippen LogP contribution in [0.2, 0.25) is 0 Å². The van der Waals surface area contributed by atoms with Crippen molar-refractivity contribution in [2.75, 3.05) is 49.2 Å². The first-order valence-electron chi connectivity index (χ1n) is 17.3. The summed E-state index contributed by atoms with van der Waals surface area (Å²) in [4.78, 5) is 21.7. The minimum absolute atomic E-state index is 0.0121. The van der Waals surface area contributed by atoms with E-state index in [0.717, 1.165) is 55.1 Å². The number of nitrogens with zero attached hydrogens (tertiary/aromatic N) is 8. The summed E-state index contributed by atoms with van der Waals surface area (Å²) < 4.78 is 45.6. The first kappa shape index (κ1) is 34.4. The van der Waals surface area contributed by atoms with E-state index >= 15 is 0 Å². The maximum atomic E-state index is 15.0. The van der Waals surface area contributed by atoms with Crippen molar-refractivity contribution in [3.05, 3.63) is 113 Å². The molecule has 2 aliphatic heterocycles. The lowest BCUT2D eigenvalue weighted by Crippen LogP contribution is -2.46. The Hall–Kier alpha value is -5.08. The van der Waals surface area contributed by atoms with Crippen LogP contribution < -0.4 is 20.2 Å². The Morgan fingerprint density at radius 3 is 2.22 bits per heavy atom. The molecule has 3 unspecified atom stereocenters. The first-order chi connectivity index (χ1) is 24.7. The topological polar surface area (TPSA) is 116 Å². The third-order valence-corrected chi connectivity index (χ3v) is 9.96. The SMILES string of the molecule is CCC(C(C)O)n1ncn(-c2ccc(N3CCN(c4ccc(OCC5CO[C@](Cn6cncn6)(c6ccc(F)cc6F)C5)cc4)CC3)cc2)c1=O. The van der Waals surface area contributed by atoms with Crippen molar-refractivity contribution in [3.63, 3.8) is 0 Å². The Labute approximate surface area is 294 Å². The molecule has 268 valence electrons. The molecule has 0 radical (unpaired) electrons. The van der Waals surface area contributed by atoms with Crippen LogP contribution in [0.5, 0.6) is 5.75 Å². The maximum Gasteiger partial charge on any atom is 0.350 e. The highest BCUT2D eigenvalue weighted by Gasteiger charge is 2.44. The van der Waals surface area contributed by atoms with Crippen LogP contribution in [-0.4, -0.2) is 79.7 Å². The van der Waals surface area contributed by atoms with E-state index in [1.807, 2.05) is 43.3 Å². The number of ether oxygens (including phenoxy) is 2. The molecule has 2 aliphatic rings. The van der Waals surface area contributed by atoms with Gasteiger partial charge in [0.1, 0.15) is 42.0 Å². The fraction of sp³-hybridized carbons (Fsp3) is 0.405. The van der Waals surface area contributed by atoms with Crippen molar-refractivity contribution < 1.29 is 23.4 Å². The van der Waals surface area contributed by atoms with Crippen LogP contribution in [0.3, 0.4) is 0 Å². The van der Waals surface area contributed by atoms with Gasteiger partial charge >= 0.3 is 5.69 Å². The van der Waals surface area contributed by atoms with Crippen molar-refractivity contribution >= 4 is 11.4 Å². The zero-order valence-corrected chi connectivity index (χ0v) is 28.7. The second-order valence-electron chi connectivity index (χ2n) is 13.3. The third-order valence-electron chi connectivity index (χ3n) is 9.96. The molecule has 0 aliphatic carbocycles. The van der Waals surface area contributed by atoms with Crippen molar-refractivity contribution in [3.8, 4) is 11.4 Å². The molecule has 4 heterocycles. The van der Waals surface area contributed by atoms with Gasteiger partial charge in [-0.25, -0.2) is 32.5 Å². The van der Waals surface area contributed by atoms with E-state index in [-0.39, 0.29) is 24.2 Å². The standard InChI is InChI=1S/C37H42F2N8O4/c1-3-35(26(2)48)47-36(49)46(25-42-47)31-7-5-29(6-8-31)43-14-16-44(17-15-43)30-9-11-32(12-10-30)50-20-27-19-37(51-21-27,22-45-24-40-23-41-45)33-13-4-28(38)18-34(33)39/h4-13,18,23-27,35,48H,3,14-17,19-22H2,1-2H3/t26?,27?,35?,37-/m1/s1. The fourth-order valence-electron chi connectivity index (χ4n) is 7.24. The van der Waals surface area contributed by atoms with Crippen LogP contribution in [-0.2, 0) is 16.9 Å². The Kier molecular flexibility index (Phi) is 9.87. The molecule has 1 N–H and O–H groups in total. The van der Waals surface area contributed by atoms with E-state index in [1.54, 1.807) is 17.9 Å². The van der Waals surface area contributed by atoms with E-state index in [0.29, 0.717) is 31.6 Å². The molecule has 2 aromatic heterocycles. The molecule has 4 atom stereocenters. The number of rotatable bonds is 12. The number of aliphatic hydroxyl groups excluding tert-OH is 1. The van der Waals surface area contributed by atoms with E-state index in [4.69, 9.17) is 9.47 Å². The number of anilines is 2. The zero-order chi connectivity index (χ0) is 35.5. The lowest BCUT2D eigenvalue weighted by atomic mass is 9.87. The second-order valence-corrected chi connectivity index (χ2v) is 13.3. The summed E-state index contributed by atoms with van der Waals surface area (Å²) in [6, 6.07) is 19.2. The van der Waals surface area contributed by atoms with Crippen LogP contribution in [0.1, 0.15) is 38.3 Å². The monoisotopic (exact) mass is 700 g/mol. The quantitative estimate of drug-likeness (QED) is 0.200. The molecule has 0 saturated carbocycles. The molecule has 0 bridgehead atoms. The van der Waals surface area contributed by atoms with Gasteiger partial charge in [-0.05, 0) is 74.4 Å². The largest absolute Gasteiger partial charge is 0.493 e. The number of halogens is 2. The molecule has 12 nitrogen and oxygen atoms in total. The second kappa shape index (κ2) is 14.6. The molecule has 14 heteroatoms. The number of benzene rings is 3. The molecule has 0 amide bonds. The highest BCUT2D eigenvalue weighted by molar-refractivity contribution is 5.54. The highest BCUT2D eigenvalue weighted by Crippen LogP contribution is 2.42. The smallest absolute Gasteiger partial charge is 0.350 e. The van der Waals surface area contributed by atoms with Crippen molar-refractivity contribution in [2.24, 2.45) is 5.92 Å². The minimum atomic E-state index is -1.02. The van der Waals surface area contributed by atoms with Crippen LogP contribution in [0.15, 0.2) is 90.5 Å². The van der Waals surface area contributed by atoms with E-state index in [1.165, 1.54) is 34.0 Å². The van der Waals surface area contributed by atoms with Gasteiger partial charge in [-0.15, -0.1) is 0 Å². The maximum absolute atomic E-state index is 15.0. The number of hydrogen-bond acceptors (Lipinski definition) is 9. The number of aromatic nitrogens is 6. The predicted molar refractivity (Wildman–Crippen MR) is 187 cm³/mol. The fourth-order valence-corrected chi connectivity index (χ4v) is 7.24. The average molecular weight is 701 g/mol. The van der Waals surface area contributed by atoms with Crippen molar-refractivity contribution in [1.29, 1.82) is 0 Å². The molecule has 2 fully saturated rings. The third kappa shape index (κ3) is 7.24. The van der Waals surface area contributed by atoms with Gasteiger partial charge in [-0.3, -0.25) is 0 Å². The molecule has 0 spiro atoms. The summed E-state index contributed by atoms with van der Waals surface area (Å²) in [6.07, 6.45) is 4.88. The molecule has 3 aromatic carbocycles. The Morgan fingerprint density at radius 1 is 0.941 bits per heavy atom. The van der Waals surface area contributed by atoms with Crippen molar-refractivity contribution in [2.45, 2.75) is 51.0 Å². The molecule has 5 aromatic rings. The summed E-state index contributed by atoms with van der Waals surface area (Å²) in [6.45, 7) is 7.97. The average Bonchev–Trinajstić information content (AvgIpc) is 3.90. The van der Waals surface area contributed by atoms with E-state index in [9.17, 15) is 18.7 Å². The Balaban J connectivity index is 0.923. The normalized spacial score (nSPS) is 20.5. The summed E-state index contributed by atoms with van der Waals surface area (Å²) in [5.74, 6) is -0.563. The van der Waals surface area contributed by atoms with Crippen molar-refractivity contribution in [1.82, 2.24) is 29.1 Å². The molecule has 2 saturated heterocycles. The summed E-state index contributed by atoms with van der Waals surface area (Å²) in [5.41, 5.74) is 1.93. The lowest BCUT2D eigenvalue weighted by Gasteiger charge is -2.37. The van der Waals surface area contributed by atoms with Gasteiger partial charge in [0.2, 0.25) is 0 Å². The van der Waals surface area contributed by atoms with Crippen LogP contribution in [0.4, 0.5) is 20.2 Å². The van der Waals surface area contributed by atoms with E-state index < -0.39 is 23.3 Å². The number of hydrogen-bond donors (Lipinski definition) is 1. The van der Waals surface area contributed by atoms with E-state index in [2.05, 4.69) is 37.1 Å². The van der Waals surface area contributed by atoms with Gasteiger partial charge in [0.05, 0.1) is 37.6 Å². The molecular weight excluding hydrogens is 658 g/mol. The summed E-state index contributed by atoms with van der Waals surface area (Å²) in [5, 5.41) is 18.5. The molecule has 7 rings (SSSR count). The minimum Gasteiger partial charge on any atom is -0.493 e. The zero-order valence-electron chi connectivity index (χ0n) is 28.7. The van der Waals surface area contributed by atoms with Crippen LogP contribution >= 0.6 is 0 Å². The highest BCUT2D eigenvalue weighted by atomic mass is 19.1. The van der Waals surface area contributed by atoms with Crippen LogP contribution in [0, 0.1) is 17.6 Å². The van der Waals surface area contributed by atoms with Crippen LogP contribution in [0.25, 0.3) is 5.69 Å². The van der Waals surface area contributed by atoms with Gasteiger partial charge in [0, 0.05) is 55.1 Å². The lowest BCUT2D eigenvalue weighted by molar-refractivity contribution is -0.0206. The van der Waals surface area contributed by atoms with Gasteiger partial charge in [0.15, 0.2) is 0 Å². The summed E-state index contributed by atoms with van der Waals surface area (Å²) in [7, 11) is 0. The predicted octanol–water partition coefficient (Wildman–Crippen LogP) is 4.57. The molecular formula is C37H42F2N8O4. The van der Waals surface area contributed by atoms with Gasteiger partial charge in [-0.2, -0.15) is 10.2 Å².